The van der Waals surface area contributed by atoms with Crippen molar-refractivity contribution in [2.24, 2.45) is 0 Å². The lowest BCUT2D eigenvalue weighted by molar-refractivity contribution is 0.283. The van der Waals surface area contributed by atoms with Crippen molar-refractivity contribution in [3.05, 3.63) is 70.4 Å². The zero-order valence-corrected chi connectivity index (χ0v) is 11.7. The van der Waals surface area contributed by atoms with Crippen LogP contribution >= 0.6 is 11.6 Å². The molecule has 5 heteroatoms. The number of halogens is 3. The van der Waals surface area contributed by atoms with Crippen LogP contribution in [0.3, 0.4) is 0 Å². The van der Waals surface area contributed by atoms with Crippen LogP contribution in [0.4, 0.5) is 8.78 Å². The molecule has 0 unspecified atom stereocenters. The van der Waals surface area contributed by atoms with Gasteiger partial charge in [0.1, 0.15) is 16.8 Å². The number of aromatic nitrogens is 1. The van der Waals surface area contributed by atoms with Gasteiger partial charge in [-0.2, -0.15) is 0 Å². The number of fused-ring (bicyclic) bond motifs is 1. The van der Waals surface area contributed by atoms with Crippen LogP contribution in [0, 0.1) is 11.6 Å². The third kappa shape index (κ3) is 2.41. The molecule has 21 heavy (non-hydrogen) atoms. The summed E-state index contributed by atoms with van der Waals surface area (Å²) in [6.07, 6.45) is 0. The Kier molecular flexibility index (Phi) is 3.66. The lowest BCUT2D eigenvalue weighted by Gasteiger charge is -2.08. The van der Waals surface area contributed by atoms with Crippen LogP contribution in [0.5, 0.6) is 0 Å². The van der Waals surface area contributed by atoms with E-state index in [9.17, 15) is 13.9 Å². The highest BCUT2D eigenvalue weighted by Gasteiger charge is 2.17. The molecule has 1 heterocycles. The van der Waals surface area contributed by atoms with E-state index in [2.05, 4.69) is 0 Å². The van der Waals surface area contributed by atoms with Crippen LogP contribution in [-0.2, 0) is 13.2 Å². The Labute approximate surface area is 125 Å². The van der Waals surface area contributed by atoms with Gasteiger partial charge in [0.2, 0.25) is 0 Å². The summed E-state index contributed by atoms with van der Waals surface area (Å²) in [4.78, 5) is 0. The summed E-state index contributed by atoms with van der Waals surface area (Å²) in [5.41, 5.74) is 1.63. The summed E-state index contributed by atoms with van der Waals surface area (Å²) in [5, 5.41) is 10.3. The number of nitrogens with zero attached hydrogens (tertiary/aromatic N) is 1. The Morgan fingerprint density at radius 2 is 1.76 bits per heavy atom. The number of benzene rings is 2. The smallest absolute Gasteiger partial charge is 0.147 e. The molecule has 0 radical (unpaired) electrons. The van der Waals surface area contributed by atoms with Crippen LogP contribution in [0.1, 0.15) is 11.1 Å². The third-order valence-corrected chi connectivity index (χ3v) is 3.91. The van der Waals surface area contributed by atoms with Crippen molar-refractivity contribution in [1.82, 2.24) is 4.57 Å². The monoisotopic (exact) mass is 307 g/mol. The number of aliphatic hydroxyl groups is 1. The Hall–Kier alpha value is -1.91. The first kappa shape index (κ1) is 14.0. The van der Waals surface area contributed by atoms with E-state index in [1.165, 1.54) is 18.2 Å². The standard InChI is InChI=1S/C16H12ClF2NO/c17-16-13(9-21)12-2-1-3-14(19)15(12)20(16)8-10-4-6-11(18)7-5-10/h1-7,21H,8-9H2. The number of rotatable bonds is 3. The zero-order valence-electron chi connectivity index (χ0n) is 11.0. The molecule has 0 atom stereocenters. The molecule has 2 aromatic carbocycles. The van der Waals surface area contributed by atoms with Crippen molar-refractivity contribution in [1.29, 1.82) is 0 Å². The summed E-state index contributed by atoms with van der Waals surface area (Å²) in [6.45, 7) is 0.0335. The van der Waals surface area contributed by atoms with Gasteiger partial charge in [-0.3, -0.25) is 0 Å². The van der Waals surface area contributed by atoms with Crippen molar-refractivity contribution < 1.29 is 13.9 Å². The van der Waals surface area contributed by atoms with E-state index in [0.717, 1.165) is 5.56 Å². The van der Waals surface area contributed by atoms with Crippen molar-refractivity contribution in [2.45, 2.75) is 13.2 Å². The molecular formula is C16H12ClF2NO. The lowest BCUT2D eigenvalue weighted by atomic mass is 10.2. The molecule has 2 nitrogen and oxygen atoms in total. The second-order valence-corrected chi connectivity index (χ2v) is 5.13. The summed E-state index contributed by atoms with van der Waals surface area (Å²) in [7, 11) is 0. The van der Waals surface area contributed by atoms with Gasteiger partial charge in [-0.25, -0.2) is 8.78 Å². The third-order valence-electron chi connectivity index (χ3n) is 3.48. The molecule has 3 aromatic rings. The summed E-state index contributed by atoms with van der Waals surface area (Å²) >= 11 is 6.27. The van der Waals surface area contributed by atoms with Gasteiger partial charge >= 0.3 is 0 Å². The summed E-state index contributed by atoms with van der Waals surface area (Å²) in [5.74, 6) is -0.736. The molecule has 0 fully saturated rings. The highest BCUT2D eigenvalue weighted by atomic mass is 35.5. The van der Waals surface area contributed by atoms with Gasteiger partial charge in [0.15, 0.2) is 0 Å². The van der Waals surface area contributed by atoms with E-state index in [0.29, 0.717) is 28.2 Å². The predicted octanol–water partition coefficient (Wildman–Crippen LogP) is 4.11. The molecule has 0 saturated carbocycles. The number of hydrogen-bond donors (Lipinski definition) is 1. The van der Waals surface area contributed by atoms with Gasteiger partial charge in [0.25, 0.3) is 0 Å². The fourth-order valence-electron chi connectivity index (χ4n) is 2.48. The average Bonchev–Trinajstić information content (AvgIpc) is 2.75. The maximum Gasteiger partial charge on any atom is 0.147 e. The van der Waals surface area contributed by atoms with Crippen molar-refractivity contribution >= 4 is 22.5 Å². The molecule has 0 aliphatic carbocycles. The van der Waals surface area contributed by atoms with Crippen molar-refractivity contribution in [2.75, 3.05) is 0 Å². The van der Waals surface area contributed by atoms with E-state index in [-0.39, 0.29) is 12.4 Å². The minimum absolute atomic E-state index is 0.269. The molecule has 1 N–H and O–H groups in total. The topological polar surface area (TPSA) is 25.2 Å². The quantitative estimate of drug-likeness (QED) is 0.774. The normalized spacial score (nSPS) is 11.2. The van der Waals surface area contributed by atoms with E-state index >= 15 is 0 Å². The highest BCUT2D eigenvalue weighted by Crippen LogP contribution is 2.32. The zero-order chi connectivity index (χ0) is 15.0. The van der Waals surface area contributed by atoms with E-state index in [1.54, 1.807) is 28.8 Å². The van der Waals surface area contributed by atoms with Crippen molar-refractivity contribution in [3.63, 3.8) is 0 Å². The molecule has 108 valence electrons. The molecule has 3 rings (SSSR count). The number of hydrogen-bond acceptors (Lipinski definition) is 1. The Morgan fingerprint density at radius 1 is 1.05 bits per heavy atom. The Balaban J connectivity index is 2.17. The molecule has 0 spiro atoms. The maximum absolute atomic E-state index is 14.1. The molecule has 0 aliphatic rings. The second-order valence-electron chi connectivity index (χ2n) is 4.78. The molecular weight excluding hydrogens is 296 g/mol. The SMILES string of the molecule is OCc1c(Cl)n(Cc2ccc(F)cc2)c2c(F)cccc12. The van der Waals surface area contributed by atoms with Crippen molar-refractivity contribution in [3.8, 4) is 0 Å². The van der Waals surface area contributed by atoms with Crippen LogP contribution in [0.15, 0.2) is 42.5 Å². The molecule has 0 amide bonds. The fourth-order valence-corrected chi connectivity index (χ4v) is 2.78. The van der Waals surface area contributed by atoms with Gasteiger partial charge in [-0.1, -0.05) is 35.9 Å². The lowest BCUT2D eigenvalue weighted by Crippen LogP contribution is -2.01. The summed E-state index contributed by atoms with van der Waals surface area (Å²) < 4.78 is 28.7. The van der Waals surface area contributed by atoms with E-state index in [4.69, 9.17) is 11.6 Å². The molecule has 1 aromatic heterocycles. The van der Waals surface area contributed by atoms with Gasteiger partial charge in [0, 0.05) is 17.5 Å². The van der Waals surface area contributed by atoms with Crippen LogP contribution in [-0.4, -0.2) is 9.67 Å². The van der Waals surface area contributed by atoms with Gasteiger partial charge in [-0.05, 0) is 23.8 Å². The van der Waals surface area contributed by atoms with Crippen LogP contribution in [0.25, 0.3) is 10.9 Å². The first-order chi connectivity index (χ1) is 10.1. The average molecular weight is 308 g/mol. The number of aliphatic hydroxyl groups excluding tert-OH is 1. The van der Waals surface area contributed by atoms with Gasteiger partial charge < -0.3 is 9.67 Å². The first-order valence-electron chi connectivity index (χ1n) is 6.42. The first-order valence-corrected chi connectivity index (χ1v) is 6.80. The predicted molar refractivity (Wildman–Crippen MR) is 78.3 cm³/mol. The van der Waals surface area contributed by atoms with E-state index in [1.807, 2.05) is 0 Å². The Morgan fingerprint density at radius 3 is 2.43 bits per heavy atom. The molecule has 0 saturated heterocycles. The Bertz CT molecular complexity index is 796. The molecule has 0 aliphatic heterocycles. The van der Waals surface area contributed by atoms with Gasteiger partial charge in [0.05, 0.1) is 12.1 Å². The van der Waals surface area contributed by atoms with Crippen LogP contribution in [0.2, 0.25) is 5.15 Å². The maximum atomic E-state index is 14.1. The van der Waals surface area contributed by atoms with Gasteiger partial charge in [-0.15, -0.1) is 0 Å². The second kappa shape index (κ2) is 5.47. The highest BCUT2D eigenvalue weighted by molar-refractivity contribution is 6.32. The fraction of sp³-hybridized carbons (Fsp3) is 0.125. The summed E-state index contributed by atoms with van der Waals surface area (Å²) in [6, 6.07) is 10.6. The van der Waals surface area contributed by atoms with Crippen LogP contribution < -0.4 is 0 Å². The minimum atomic E-state index is -0.406. The van der Waals surface area contributed by atoms with E-state index < -0.39 is 5.82 Å². The largest absolute Gasteiger partial charge is 0.392 e. The molecule has 0 bridgehead atoms. The minimum Gasteiger partial charge on any atom is -0.392 e. The number of para-hydroxylation sites is 1.